The molecule has 3 rings (SSSR count). The maximum atomic E-state index is 11.9. The van der Waals surface area contributed by atoms with Crippen LogP contribution in [0.1, 0.15) is 31.0 Å². The summed E-state index contributed by atoms with van der Waals surface area (Å²) in [4.78, 5) is 11.9. The van der Waals surface area contributed by atoms with Crippen molar-refractivity contribution in [3.05, 3.63) is 70.4 Å². The zero-order valence-corrected chi connectivity index (χ0v) is 15.1. The zero-order chi connectivity index (χ0) is 18.0. The fourth-order valence-corrected chi connectivity index (χ4v) is 2.79. The van der Waals surface area contributed by atoms with Crippen molar-refractivity contribution in [1.82, 2.24) is 14.3 Å². The van der Waals surface area contributed by atoms with Crippen LogP contribution in [0.2, 0.25) is 0 Å². The lowest BCUT2D eigenvalue weighted by molar-refractivity contribution is 0.340. The predicted molar refractivity (Wildman–Crippen MR) is 99.1 cm³/mol. The standard InChI is InChI=1S/C20H23N3O2/c1-5-25-19-10-20(24)22(4)13-18(19)17-11-21-23(12-17)15(3)16-8-6-14(2)7-9-16/h6-13,15H,5H2,1-4H3. The molecule has 0 aliphatic rings. The summed E-state index contributed by atoms with van der Waals surface area (Å²) in [5.41, 5.74) is 4.14. The van der Waals surface area contributed by atoms with E-state index in [1.165, 1.54) is 17.2 Å². The van der Waals surface area contributed by atoms with Gasteiger partial charge in [-0.25, -0.2) is 0 Å². The van der Waals surface area contributed by atoms with E-state index < -0.39 is 0 Å². The van der Waals surface area contributed by atoms with E-state index in [0.717, 1.165) is 11.1 Å². The Morgan fingerprint density at radius 3 is 2.60 bits per heavy atom. The molecule has 0 bridgehead atoms. The minimum atomic E-state index is -0.0902. The molecule has 2 aromatic heterocycles. The Morgan fingerprint density at radius 2 is 1.92 bits per heavy atom. The molecule has 0 fully saturated rings. The molecular formula is C20H23N3O2. The molecule has 0 aliphatic heterocycles. The summed E-state index contributed by atoms with van der Waals surface area (Å²) < 4.78 is 9.13. The van der Waals surface area contributed by atoms with Crippen LogP contribution in [0.3, 0.4) is 0 Å². The van der Waals surface area contributed by atoms with Gasteiger partial charge in [-0.15, -0.1) is 0 Å². The number of aromatic nitrogens is 3. The van der Waals surface area contributed by atoms with Crippen molar-refractivity contribution < 1.29 is 4.74 Å². The summed E-state index contributed by atoms with van der Waals surface area (Å²) in [6, 6.07) is 10.1. The van der Waals surface area contributed by atoms with E-state index in [2.05, 4.69) is 43.2 Å². The van der Waals surface area contributed by atoms with E-state index in [9.17, 15) is 4.79 Å². The quantitative estimate of drug-likeness (QED) is 0.715. The molecule has 130 valence electrons. The zero-order valence-electron chi connectivity index (χ0n) is 15.1. The van der Waals surface area contributed by atoms with Gasteiger partial charge in [-0.05, 0) is 26.3 Å². The van der Waals surface area contributed by atoms with Crippen molar-refractivity contribution in [3.8, 4) is 16.9 Å². The Kier molecular flexibility index (Phi) is 4.74. The first-order valence-electron chi connectivity index (χ1n) is 8.44. The van der Waals surface area contributed by atoms with Crippen LogP contribution in [0.5, 0.6) is 5.75 Å². The van der Waals surface area contributed by atoms with Crippen LogP contribution in [0.15, 0.2) is 53.7 Å². The number of benzene rings is 1. The predicted octanol–water partition coefficient (Wildman–Crippen LogP) is 3.57. The maximum absolute atomic E-state index is 11.9. The van der Waals surface area contributed by atoms with Gasteiger partial charge < -0.3 is 9.30 Å². The normalized spacial score (nSPS) is 12.2. The Hall–Kier alpha value is -2.82. The van der Waals surface area contributed by atoms with Gasteiger partial charge in [0.2, 0.25) is 0 Å². The van der Waals surface area contributed by atoms with Gasteiger partial charge in [0.1, 0.15) is 5.75 Å². The largest absolute Gasteiger partial charge is 0.493 e. The number of pyridine rings is 1. The lowest BCUT2D eigenvalue weighted by Crippen LogP contribution is -2.15. The Bertz CT molecular complexity index is 923. The summed E-state index contributed by atoms with van der Waals surface area (Å²) >= 11 is 0. The Labute approximate surface area is 147 Å². The number of rotatable bonds is 5. The van der Waals surface area contributed by atoms with Crippen molar-refractivity contribution in [3.63, 3.8) is 0 Å². The van der Waals surface area contributed by atoms with Crippen molar-refractivity contribution in [1.29, 1.82) is 0 Å². The maximum Gasteiger partial charge on any atom is 0.254 e. The van der Waals surface area contributed by atoms with Crippen molar-refractivity contribution in [2.24, 2.45) is 7.05 Å². The molecule has 5 nitrogen and oxygen atoms in total. The second-order valence-electron chi connectivity index (χ2n) is 6.23. The van der Waals surface area contributed by atoms with Crippen LogP contribution in [0.25, 0.3) is 11.1 Å². The number of aryl methyl sites for hydroxylation is 2. The molecule has 0 aliphatic carbocycles. The van der Waals surface area contributed by atoms with Gasteiger partial charge in [0.15, 0.2) is 0 Å². The summed E-state index contributed by atoms with van der Waals surface area (Å²) in [6.45, 7) is 6.61. The fourth-order valence-electron chi connectivity index (χ4n) is 2.79. The van der Waals surface area contributed by atoms with Crippen LogP contribution in [-0.2, 0) is 7.05 Å². The summed E-state index contributed by atoms with van der Waals surface area (Å²) in [6.07, 6.45) is 5.60. The second kappa shape index (κ2) is 6.97. The monoisotopic (exact) mass is 337 g/mol. The van der Waals surface area contributed by atoms with Crippen LogP contribution < -0.4 is 10.3 Å². The van der Waals surface area contributed by atoms with Gasteiger partial charge >= 0.3 is 0 Å². The van der Waals surface area contributed by atoms with Gasteiger partial charge in [-0.1, -0.05) is 29.8 Å². The molecule has 2 heterocycles. The molecule has 3 aromatic rings. The molecule has 1 unspecified atom stereocenters. The van der Waals surface area contributed by atoms with E-state index in [1.54, 1.807) is 17.8 Å². The Balaban J connectivity index is 1.97. The lowest BCUT2D eigenvalue weighted by Gasteiger charge is -2.13. The van der Waals surface area contributed by atoms with Gasteiger partial charge in [0, 0.05) is 36.6 Å². The van der Waals surface area contributed by atoms with Gasteiger partial charge in [-0.2, -0.15) is 5.10 Å². The van der Waals surface area contributed by atoms with Crippen molar-refractivity contribution in [2.45, 2.75) is 26.8 Å². The average molecular weight is 337 g/mol. The molecule has 0 amide bonds. The minimum Gasteiger partial charge on any atom is -0.493 e. The Morgan fingerprint density at radius 1 is 1.20 bits per heavy atom. The minimum absolute atomic E-state index is 0.0902. The molecule has 5 heteroatoms. The summed E-state index contributed by atoms with van der Waals surface area (Å²) in [7, 11) is 1.74. The van der Waals surface area contributed by atoms with Crippen LogP contribution in [0.4, 0.5) is 0 Å². The highest BCUT2D eigenvalue weighted by Gasteiger charge is 2.14. The number of hydrogen-bond donors (Lipinski definition) is 0. The fraction of sp³-hybridized carbons (Fsp3) is 0.300. The smallest absolute Gasteiger partial charge is 0.254 e. The number of hydrogen-bond acceptors (Lipinski definition) is 3. The third kappa shape index (κ3) is 3.50. The van der Waals surface area contributed by atoms with E-state index >= 15 is 0 Å². The average Bonchev–Trinajstić information content (AvgIpc) is 3.08. The first-order chi connectivity index (χ1) is 12.0. The molecule has 0 saturated heterocycles. The van der Waals surface area contributed by atoms with Gasteiger partial charge in [-0.3, -0.25) is 9.48 Å². The highest BCUT2D eigenvalue weighted by atomic mass is 16.5. The third-order valence-corrected chi connectivity index (χ3v) is 4.36. The highest BCUT2D eigenvalue weighted by molar-refractivity contribution is 5.68. The van der Waals surface area contributed by atoms with Crippen LogP contribution in [0, 0.1) is 6.92 Å². The summed E-state index contributed by atoms with van der Waals surface area (Å²) in [5, 5.41) is 4.52. The first-order valence-corrected chi connectivity index (χ1v) is 8.44. The third-order valence-electron chi connectivity index (χ3n) is 4.36. The SMILES string of the molecule is CCOc1cc(=O)n(C)cc1-c1cnn(C(C)c2ccc(C)cc2)c1. The number of ether oxygens (including phenoxy) is 1. The van der Waals surface area contributed by atoms with E-state index in [-0.39, 0.29) is 11.6 Å². The number of nitrogens with zero attached hydrogens (tertiary/aromatic N) is 3. The van der Waals surface area contributed by atoms with Gasteiger partial charge in [0.25, 0.3) is 5.56 Å². The topological polar surface area (TPSA) is 49.1 Å². The summed E-state index contributed by atoms with van der Waals surface area (Å²) in [5.74, 6) is 0.591. The second-order valence-corrected chi connectivity index (χ2v) is 6.23. The lowest BCUT2D eigenvalue weighted by atomic mass is 10.1. The molecule has 1 aromatic carbocycles. The molecule has 0 spiro atoms. The van der Waals surface area contributed by atoms with Crippen molar-refractivity contribution in [2.75, 3.05) is 6.61 Å². The van der Waals surface area contributed by atoms with Crippen LogP contribution >= 0.6 is 0 Å². The molecule has 0 N–H and O–H groups in total. The van der Waals surface area contributed by atoms with Crippen LogP contribution in [-0.4, -0.2) is 21.0 Å². The molecule has 0 saturated carbocycles. The molecular weight excluding hydrogens is 314 g/mol. The highest BCUT2D eigenvalue weighted by Crippen LogP contribution is 2.29. The van der Waals surface area contributed by atoms with Crippen molar-refractivity contribution >= 4 is 0 Å². The molecule has 1 atom stereocenters. The van der Waals surface area contributed by atoms with E-state index in [4.69, 9.17) is 4.74 Å². The van der Waals surface area contributed by atoms with E-state index in [1.807, 2.05) is 24.0 Å². The first kappa shape index (κ1) is 17.0. The molecule has 0 radical (unpaired) electrons. The molecule has 25 heavy (non-hydrogen) atoms. The van der Waals surface area contributed by atoms with Gasteiger partial charge in [0.05, 0.1) is 18.8 Å². The van der Waals surface area contributed by atoms with E-state index in [0.29, 0.717) is 12.4 Å².